The number of piperidine rings is 1. The smallest absolute Gasteiger partial charge is 0.254 e. The molecule has 1 unspecified atom stereocenters. The van der Waals surface area contributed by atoms with Crippen molar-refractivity contribution in [1.82, 2.24) is 23.8 Å². The zero-order chi connectivity index (χ0) is 22.3. The first kappa shape index (κ1) is 21.1. The number of carbonyl (C=O) groups excluding carboxylic acids is 1. The Kier molecular flexibility index (Phi) is 5.46. The minimum atomic E-state index is -3.62. The summed E-state index contributed by atoms with van der Waals surface area (Å²) in [5, 5.41) is 8.58. The Labute approximate surface area is 187 Å². The van der Waals surface area contributed by atoms with Gasteiger partial charge in [-0.15, -0.1) is 10.2 Å². The topological polar surface area (TPSA) is 87.9 Å². The predicted octanol–water partition coefficient (Wildman–Crippen LogP) is 3.19. The van der Waals surface area contributed by atoms with Gasteiger partial charge in [0.2, 0.25) is 10.0 Å². The molecule has 2 aliphatic rings. The Hall–Kier alpha value is -2.78. The number of fused-ring (bicyclic) bond motifs is 1. The minimum Gasteiger partial charge on any atom is -0.328 e. The van der Waals surface area contributed by atoms with Gasteiger partial charge in [0.1, 0.15) is 0 Å². The Bertz CT molecular complexity index is 1260. The van der Waals surface area contributed by atoms with Gasteiger partial charge in [0.25, 0.3) is 5.91 Å². The monoisotopic (exact) mass is 453 g/mol. The zero-order valence-electron chi connectivity index (χ0n) is 18.1. The molecule has 5 rings (SSSR count). The summed E-state index contributed by atoms with van der Waals surface area (Å²) in [5.41, 5.74) is 1.80. The molecule has 0 spiro atoms. The number of carbonyl (C=O) groups is 1. The third-order valence-electron chi connectivity index (χ3n) is 6.52. The van der Waals surface area contributed by atoms with E-state index in [-0.39, 0.29) is 16.8 Å². The molecule has 0 aliphatic carbocycles. The van der Waals surface area contributed by atoms with Crippen LogP contribution in [0.25, 0.3) is 5.65 Å². The third kappa shape index (κ3) is 3.59. The Morgan fingerprint density at radius 2 is 1.81 bits per heavy atom. The molecule has 2 fully saturated rings. The van der Waals surface area contributed by atoms with Crippen LogP contribution in [0.1, 0.15) is 59.9 Å². The van der Waals surface area contributed by atoms with Crippen LogP contribution in [0.2, 0.25) is 0 Å². The van der Waals surface area contributed by atoms with Crippen molar-refractivity contribution in [2.45, 2.75) is 50.0 Å². The van der Waals surface area contributed by atoms with E-state index in [1.807, 2.05) is 28.8 Å². The highest BCUT2D eigenvalue weighted by Gasteiger charge is 2.35. The molecular formula is C23H27N5O3S. The lowest BCUT2D eigenvalue weighted by molar-refractivity contribution is 0.0729. The molecule has 0 N–H and O–H groups in total. The molecule has 0 saturated carbocycles. The van der Waals surface area contributed by atoms with Gasteiger partial charge < -0.3 is 4.90 Å². The molecule has 3 aromatic rings. The van der Waals surface area contributed by atoms with Gasteiger partial charge in [0.05, 0.1) is 10.9 Å². The molecule has 1 atom stereocenters. The van der Waals surface area contributed by atoms with Gasteiger partial charge in [0, 0.05) is 31.4 Å². The first-order valence-electron chi connectivity index (χ1n) is 11.2. The summed E-state index contributed by atoms with van der Waals surface area (Å²) in [6.45, 7) is 3.46. The first-order chi connectivity index (χ1) is 15.5. The maximum Gasteiger partial charge on any atom is 0.254 e. The number of hydrogen-bond donors (Lipinski definition) is 0. The second kappa shape index (κ2) is 8.29. The van der Waals surface area contributed by atoms with Gasteiger partial charge in [-0.25, -0.2) is 8.42 Å². The van der Waals surface area contributed by atoms with Crippen LogP contribution < -0.4 is 0 Å². The van der Waals surface area contributed by atoms with Crippen molar-refractivity contribution in [3.8, 4) is 0 Å². The van der Waals surface area contributed by atoms with E-state index in [4.69, 9.17) is 0 Å². The molecule has 2 aliphatic heterocycles. The minimum absolute atomic E-state index is 0.171. The number of likely N-dealkylation sites (tertiary alicyclic amines) is 1. The van der Waals surface area contributed by atoms with Crippen molar-refractivity contribution < 1.29 is 13.2 Å². The van der Waals surface area contributed by atoms with Crippen molar-refractivity contribution in [3.05, 3.63) is 59.5 Å². The predicted molar refractivity (Wildman–Crippen MR) is 120 cm³/mol. The first-order valence-corrected chi connectivity index (χ1v) is 12.6. The molecule has 4 heterocycles. The van der Waals surface area contributed by atoms with Crippen LogP contribution >= 0.6 is 0 Å². The van der Waals surface area contributed by atoms with E-state index in [1.54, 1.807) is 34.3 Å². The molecule has 32 heavy (non-hydrogen) atoms. The molecule has 2 saturated heterocycles. The van der Waals surface area contributed by atoms with E-state index in [0.717, 1.165) is 43.6 Å². The Morgan fingerprint density at radius 1 is 1.00 bits per heavy atom. The molecule has 1 aromatic carbocycles. The normalized spacial score (nSPS) is 20.2. The van der Waals surface area contributed by atoms with Crippen LogP contribution in [0.4, 0.5) is 0 Å². The highest BCUT2D eigenvalue weighted by atomic mass is 32.2. The maximum absolute atomic E-state index is 13.5. The highest BCUT2D eigenvalue weighted by Crippen LogP contribution is 2.33. The second-order valence-electron chi connectivity index (χ2n) is 8.59. The van der Waals surface area contributed by atoms with Gasteiger partial charge in [-0.3, -0.25) is 9.20 Å². The molecule has 9 heteroatoms. The Morgan fingerprint density at radius 3 is 2.62 bits per heavy atom. The number of nitrogens with zero attached hydrogens (tertiary/aromatic N) is 5. The van der Waals surface area contributed by atoms with Crippen LogP contribution in [-0.4, -0.2) is 57.8 Å². The molecule has 8 nitrogen and oxygen atoms in total. The van der Waals surface area contributed by atoms with Crippen LogP contribution in [-0.2, 0) is 10.0 Å². The number of rotatable bonds is 4. The van der Waals surface area contributed by atoms with Crippen LogP contribution in [0, 0.1) is 6.92 Å². The number of amides is 1. The van der Waals surface area contributed by atoms with E-state index in [0.29, 0.717) is 30.8 Å². The summed E-state index contributed by atoms with van der Waals surface area (Å²) in [5.74, 6) is 0.565. The molecule has 0 bridgehead atoms. The summed E-state index contributed by atoms with van der Waals surface area (Å²) in [7, 11) is -3.62. The fourth-order valence-electron chi connectivity index (χ4n) is 4.79. The highest BCUT2D eigenvalue weighted by molar-refractivity contribution is 7.89. The zero-order valence-corrected chi connectivity index (χ0v) is 19.0. The van der Waals surface area contributed by atoms with Gasteiger partial charge in [-0.2, -0.15) is 4.31 Å². The SMILES string of the molecule is Cc1ccc(C(=O)N2CCCC2c2nnc3ccccn23)cc1S(=O)(=O)N1CCCCC1. The van der Waals surface area contributed by atoms with E-state index < -0.39 is 10.0 Å². The lowest BCUT2D eigenvalue weighted by atomic mass is 10.1. The van der Waals surface area contributed by atoms with E-state index in [2.05, 4.69) is 10.2 Å². The largest absolute Gasteiger partial charge is 0.328 e. The lowest BCUT2D eigenvalue weighted by Crippen LogP contribution is -2.36. The molecule has 0 radical (unpaired) electrons. The number of benzene rings is 1. The molecule has 168 valence electrons. The molecular weight excluding hydrogens is 426 g/mol. The van der Waals surface area contributed by atoms with Crippen molar-refractivity contribution in [2.75, 3.05) is 19.6 Å². The fraction of sp³-hybridized carbons (Fsp3) is 0.435. The summed E-state index contributed by atoms with van der Waals surface area (Å²) in [6, 6.07) is 10.5. The van der Waals surface area contributed by atoms with Crippen molar-refractivity contribution in [3.63, 3.8) is 0 Å². The van der Waals surface area contributed by atoms with Gasteiger partial charge in [0.15, 0.2) is 11.5 Å². The second-order valence-corrected chi connectivity index (χ2v) is 10.5. The fourth-order valence-corrected chi connectivity index (χ4v) is 6.55. The standard InChI is InChI=1S/C23H27N5O3S/c1-17-10-11-18(16-20(17)32(30,31)26-12-4-2-5-13-26)23(29)27-15-7-8-19(27)22-25-24-21-9-3-6-14-28(21)22/h3,6,9-11,14,16,19H,2,4-5,7-8,12-13,15H2,1H3. The van der Waals surface area contributed by atoms with E-state index in [9.17, 15) is 13.2 Å². The lowest BCUT2D eigenvalue weighted by Gasteiger charge is -2.27. The van der Waals surface area contributed by atoms with Crippen LogP contribution in [0.15, 0.2) is 47.5 Å². The third-order valence-corrected chi connectivity index (χ3v) is 8.56. The maximum atomic E-state index is 13.5. The van der Waals surface area contributed by atoms with Gasteiger partial charge in [-0.05, 0) is 62.4 Å². The number of hydrogen-bond acceptors (Lipinski definition) is 5. The van der Waals surface area contributed by atoms with Crippen LogP contribution in [0.3, 0.4) is 0 Å². The number of pyridine rings is 1. The summed E-state index contributed by atoms with van der Waals surface area (Å²) in [6.07, 6.45) is 6.37. The van der Waals surface area contributed by atoms with Crippen molar-refractivity contribution in [1.29, 1.82) is 0 Å². The average Bonchev–Trinajstić information content (AvgIpc) is 3.46. The molecule has 1 amide bonds. The van der Waals surface area contributed by atoms with Gasteiger partial charge in [-0.1, -0.05) is 18.6 Å². The number of aromatic nitrogens is 3. The average molecular weight is 454 g/mol. The van der Waals surface area contributed by atoms with Crippen molar-refractivity contribution >= 4 is 21.6 Å². The van der Waals surface area contributed by atoms with Crippen LogP contribution in [0.5, 0.6) is 0 Å². The molecule has 2 aromatic heterocycles. The van der Waals surface area contributed by atoms with E-state index >= 15 is 0 Å². The number of sulfonamides is 1. The van der Waals surface area contributed by atoms with E-state index in [1.165, 1.54) is 0 Å². The van der Waals surface area contributed by atoms with Gasteiger partial charge >= 0.3 is 0 Å². The summed E-state index contributed by atoms with van der Waals surface area (Å²) < 4.78 is 30.0. The summed E-state index contributed by atoms with van der Waals surface area (Å²) in [4.78, 5) is 15.5. The quantitative estimate of drug-likeness (QED) is 0.605. The Balaban J connectivity index is 1.47. The summed E-state index contributed by atoms with van der Waals surface area (Å²) >= 11 is 0. The number of aryl methyl sites for hydroxylation is 1. The van der Waals surface area contributed by atoms with Crippen molar-refractivity contribution in [2.24, 2.45) is 0 Å².